The maximum Gasteiger partial charge on any atom is 0.00642 e. The molecule has 2 nitrogen and oxygen atoms in total. The van der Waals surface area contributed by atoms with Crippen LogP contribution in [0.3, 0.4) is 0 Å². The molecule has 1 aliphatic carbocycles. The van der Waals surface area contributed by atoms with Gasteiger partial charge < -0.3 is 10.6 Å². The Bertz CT molecular complexity index is 139. The molecular formula is C12H26N2. The van der Waals surface area contributed by atoms with Gasteiger partial charge in [-0.2, -0.15) is 0 Å². The molecule has 0 spiro atoms. The standard InChI is InChI=1S/C12H26N2/c1-4-10(2)14-9-11-5-7-12(13-3)8-6-11/h10-14H,4-9H2,1-3H3. The van der Waals surface area contributed by atoms with Gasteiger partial charge in [0.15, 0.2) is 0 Å². The Morgan fingerprint density at radius 1 is 1.21 bits per heavy atom. The molecule has 0 aromatic carbocycles. The molecule has 2 heteroatoms. The molecule has 0 radical (unpaired) electrons. The first-order valence-electron chi connectivity index (χ1n) is 6.16. The van der Waals surface area contributed by atoms with E-state index in [1.54, 1.807) is 0 Å². The first-order chi connectivity index (χ1) is 6.76. The van der Waals surface area contributed by atoms with Gasteiger partial charge in [0.1, 0.15) is 0 Å². The number of hydrogen-bond acceptors (Lipinski definition) is 2. The summed E-state index contributed by atoms with van der Waals surface area (Å²) in [5.74, 6) is 0.925. The fourth-order valence-corrected chi connectivity index (χ4v) is 2.17. The second-order valence-electron chi connectivity index (χ2n) is 4.72. The maximum absolute atomic E-state index is 3.61. The van der Waals surface area contributed by atoms with Crippen molar-refractivity contribution in [3.63, 3.8) is 0 Å². The normalized spacial score (nSPS) is 30.2. The van der Waals surface area contributed by atoms with E-state index in [0.717, 1.165) is 12.0 Å². The van der Waals surface area contributed by atoms with E-state index in [2.05, 4.69) is 31.5 Å². The molecule has 0 saturated heterocycles. The Hall–Kier alpha value is -0.0800. The van der Waals surface area contributed by atoms with E-state index in [1.165, 1.54) is 38.6 Å². The minimum Gasteiger partial charge on any atom is -0.317 e. The molecule has 84 valence electrons. The molecule has 0 heterocycles. The Morgan fingerprint density at radius 3 is 2.36 bits per heavy atom. The number of nitrogens with one attached hydrogen (secondary N) is 2. The van der Waals surface area contributed by atoms with Crippen LogP contribution in [0, 0.1) is 5.92 Å². The molecule has 1 atom stereocenters. The summed E-state index contributed by atoms with van der Waals surface area (Å²) in [4.78, 5) is 0. The van der Waals surface area contributed by atoms with Gasteiger partial charge in [0.05, 0.1) is 0 Å². The zero-order valence-corrected chi connectivity index (χ0v) is 9.97. The fraction of sp³-hybridized carbons (Fsp3) is 1.00. The molecule has 0 aliphatic heterocycles. The highest BCUT2D eigenvalue weighted by molar-refractivity contribution is 4.77. The maximum atomic E-state index is 3.61. The largest absolute Gasteiger partial charge is 0.317 e. The van der Waals surface area contributed by atoms with Crippen LogP contribution in [0.1, 0.15) is 46.0 Å². The Morgan fingerprint density at radius 2 is 1.86 bits per heavy atom. The zero-order chi connectivity index (χ0) is 10.4. The van der Waals surface area contributed by atoms with Crippen LogP contribution in [0.2, 0.25) is 0 Å². The average molecular weight is 198 g/mol. The van der Waals surface area contributed by atoms with Crippen molar-refractivity contribution in [2.75, 3.05) is 13.6 Å². The summed E-state index contributed by atoms with van der Waals surface area (Å²) in [6, 6.07) is 1.48. The van der Waals surface area contributed by atoms with Crippen LogP contribution in [0.4, 0.5) is 0 Å². The van der Waals surface area contributed by atoms with Crippen molar-refractivity contribution in [1.82, 2.24) is 10.6 Å². The van der Waals surface area contributed by atoms with Gasteiger partial charge in [0, 0.05) is 12.1 Å². The molecule has 0 amide bonds. The van der Waals surface area contributed by atoms with Crippen molar-refractivity contribution in [1.29, 1.82) is 0 Å². The highest BCUT2D eigenvalue weighted by atomic mass is 14.9. The highest BCUT2D eigenvalue weighted by Crippen LogP contribution is 2.23. The predicted octanol–water partition coefficient (Wildman–Crippen LogP) is 2.15. The first kappa shape index (κ1) is 12.0. The lowest BCUT2D eigenvalue weighted by molar-refractivity contribution is 0.285. The van der Waals surface area contributed by atoms with Crippen molar-refractivity contribution in [2.45, 2.75) is 58.0 Å². The van der Waals surface area contributed by atoms with Gasteiger partial charge in [-0.25, -0.2) is 0 Å². The molecule has 0 aromatic rings. The van der Waals surface area contributed by atoms with Crippen LogP contribution in [0.15, 0.2) is 0 Å². The molecule has 14 heavy (non-hydrogen) atoms. The van der Waals surface area contributed by atoms with Gasteiger partial charge in [-0.3, -0.25) is 0 Å². The highest BCUT2D eigenvalue weighted by Gasteiger charge is 2.19. The van der Waals surface area contributed by atoms with Gasteiger partial charge >= 0.3 is 0 Å². The van der Waals surface area contributed by atoms with Crippen LogP contribution >= 0.6 is 0 Å². The Labute approximate surface area is 88.8 Å². The number of rotatable bonds is 5. The molecule has 1 rings (SSSR count). The smallest absolute Gasteiger partial charge is 0.00642 e. The third-order valence-corrected chi connectivity index (χ3v) is 3.62. The lowest BCUT2D eigenvalue weighted by atomic mass is 9.86. The van der Waals surface area contributed by atoms with Crippen molar-refractivity contribution in [3.8, 4) is 0 Å². The molecule has 1 aliphatic rings. The van der Waals surface area contributed by atoms with E-state index < -0.39 is 0 Å². The topological polar surface area (TPSA) is 24.1 Å². The Balaban J connectivity index is 2.10. The summed E-state index contributed by atoms with van der Waals surface area (Å²) in [6.45, 7) is 5.75. The van der Waals surface area contributed by atoms with Crippen LogP contribution in [-0.4, -0.2) is 25.7 Å². The minimum absolute atomic E-state index is 0.692. The third-order valence-electron chi connectivity index (χ3n) is 3.62. The summed E-state index contributed by atoms with van der Waals surface area (Å²) in [5.41, 5.74) is 0. The van der Waals surface area contributed by atoms with Gasteiger partial charge in [0.2, 0.25) is 0 Å². The molecule has 0 bridgehead atoms. The van der Waals surface area contributed by atoms with Gasteiger partial charge in [-0.05, 0) is 58.5 Å². The summed E-state index contributed by atoms with van der Waals surface area (Å²) < 4.78 is 0. The van der Waals surface area contributed by atoms with Crippen LogP contribution in [0.25, 0.3) is 0 Å². The zero-order valence-electron chi connectivity index (χ0n) is 9.97. The van der Waals surface area contributed by atoms with Crippen molar-refractivity contribution in [2.24, 2.45) is 5.92 Å². The quantitative estimate of drug-likeness (QED) is 0.707. The molecule has 0 aromatic heterocycles. The summed E-state index contributed by atoms with van der Waals surface area (Å²) in [6.07, 6.45) is 6.77. The molecule has 1 unspecified atom stereocenters. The van der Waals surface area contributed by atoms with E-state index in [0.29, 0.717) is 6.04 Å². The fourth-order valence-electron chi connectivity index (χ4n) is 2.17. The lowest BCUT2D eigenvalue weighted by Gasteiger charge is -2.29. The molecule has 2 N–H and O–H groups in total. The van der Waals surface area contributed by atoms with E-state index in [1.807, 2.05) is 0 Å². The first-order valence-corrected chi connectivity index (χ1v) is 6.16. The minimum atomic E-state index is 0.692. The summed E-state index contributed by atoms with van der Waals surface area (Å²) in [5, 5.41) is 6.99. The summed E-state index contributed by atoms with van der Waals surface area (Å²) >= 11 is 0. The van der Waals surface area contributed by atoms with Gasteiger partial charge in [-0.1, -0.05) is 6.92 Å². The van der Waals surface area contributed by atoms with Crippen molar-refractivity contribution in [3.05, 3.63) is 0 Å². The Kier molecular flexibility index (Phi) is 5.49. The van der Waals surface area contributed by atoms with E-state index >= 15 is 0 Å². The monoisotopic (exact) mass is 198 g/mol. The lowest BCUT2D eigenvalue weighted by Crippen LogP contribution is -2.36. The van der Waals surface area contributed by atoms with E-state index in [9.17, 15) is 0 Å². The van der Waals surface area contributed by atoms with Crippen LogP contribution < -0.4 is 10.6 Å². The van der Waals surface area contributed by atoms with E-state index in [4.69, 9.17) is 0 Å². The average Bonchev–Trinajstić information content (AvgIpc) is 2.26. The van der Waals surface area contributed by atoms with Gasteiger partial charge in [0.25, 0.3) is 0 Å². The number of hydrogen-bond donors (Lipinski definition) is 2. The van der Waals surface area contributed by atoms with Crippen LogP contribution in [-0.2, 0) is 0 Å². The molecular weight excluding hydrogens is 172 g/mol. The van der Waals surface area contributed by atoms with Crippen molar-refractivity contribution < 1.29 is 0 Å². The van der Waals surface area contributed by atoms with Crippen molar-refractivity contribution >= 4 is 0 Å². The third kappa shape index (κ3) is 3.97. The van der Waals surface area contributed by atoms with E-state index in [-0.39, 0.29) is 0 Å². The van der Waals surface area contributed by atoms with Gasteiger partial charge in [-0.15, -0.1) is 0 Å². The molecule has 1 fully saturated rings. The predicted molar refractivity (Wildman–Crippen MR) is 62.6 cm³/mol. The second-order valence-corrected chi connectivity index (χ2v) is 4.72. The van der Waals surface area contributed by atoms with Crippen LogP contribution in [0.5, 0.6) is 0 Å². The second kappa shape index (κ2) is 6.41. The SMILES string of the molecule is CCC(C)NCC1CCC(NC)CC1. The molecule has 1 saturated carbocycles. The summed E-state index contributed by atoms with van der Waals surface area (Å²) in [7, 11) is 2.09.